The lowest BCUT2D eigenvalue weighted by atomic mass is 9.90. The predicted octanol–water partition coefficient (Wildman–Crippen LogP) is 2.39. The highest BCUT2D eigenvalue weighted by atomic mass is 16.6. The maximum absolute atomic E-state index is 13.3. The predicted molar refractivity (Wildman–Crippen MR) is 107 cm³/mol. The van der Waals surface area contributed by atoms with Crippen LogP contribution in [0.1, 0.15) is 30.0 Å². The van der Waals surface area contributed by atoms with Crippen LogP contribution in [-0.4, -0.2) is 56.5 Å². The highest BCUT2D eigenvalue weighted by Gasteiger charge is 2.57. The number of likely N-dealkylation sites (tertiary alicyclic amines) is 1. The summed E-state index contributed by atoms with van der Waals surface area (Å²) in [7, 11) is 1.86. The van der Waals surface area contributed by atoms with Crippen molar-refractivity contribution in [1.82, 2.24) is 19.6 Å². The Hall–Kier alpha value is -3.13. The average Bonchev–Trinajstić information content (AvgIpc) is 3.44. The van der Waals surface area contributed by atoms with E-state index in [-0.39, 0.29) is 30.9 Å². The first-order chi connectivity index (χ1) is 14.6. The summed E-state index contributed by atoms with van der Waals surface area (Å²) in [5, 5.41) is 4.22. The summed E-state index contributed by atoms with van der Waals surface area (Å²) in [4.78, 5) is 29.2. The number of nitrogens with zero attached hydrogens (tertiary/aromatic N) is 4. The molecule has 0 aliphatic carbocycles. The van der Waals surface area contributed by atoms with Gasteiger partial charge in [0.15, 0.2) is 11.8 Å². The van der Waals surface area contributed by atoms with Crippen LogP contribution in [0.25, 0.3) is 0 Å². The Labute approximate surface area is 174 Å². The molecule has 1 aromatic carbocycles. The molecule has 30 heavy (non-hydrogen) atoms. The van der Waals surface area contributed by atoms with Crippen molar-refractivity contribution in [2.45, 2.75) is 37.3 Å². The zero-order valence-electron chi connectivity index (χ0n) is 16.8. The minimum atomic E-state index is -0.869. The molecule has 0 N–H and O–H groups in total. The minimum absolute atomic E-state index is 0.0105. The lowest BCUT2D eigenvalue weighted by molar-refractivity contribution is -0.141. The monoisotopic (exact) mass is 408 g/mol. The molecule has 1 spiro atoms. The minimum Gasteiger partial charge on any atom is -0.445 e. The standard InChI is InChI=1S/C22H24N4O4/c1-24-14-17(13-23-24)18-7-8-19-26(18)20(27)22(30-19)9-11-25(12-10-22)21(28)29-15-16-5-3-2-4-6-16/h2-8,13-14,18-19H,9-12,15H2,1H3/t18-,19+/m0/s1. The first-order valence-corrected chi connectivity index (χ1v) is 10.2. The van der Waals surface area contributed by atoms with Gasteiger partial charge < -0.3 is 14.4 Å². The Bertz CT molecular complexity index is 978. The molecule has 0 bridgehead atoms. The largest absolute Gasteiger partial charge is 0.445 e. The molecule has 3 aliphatic rings. The van der Waals surface area contributed by atoms with Gasteiger partial charge >= 0.3 is 6.09 Å². The molecule has 2 saturated heterocycles. The Balaban J connectivity index is 1.21. The highest BCUT2D eigenvalue weighted by molar-refractivity contribution is 5.89. The molecule has 0 saturated carbocycles. The summed E-state index contributed by atoms with van der Waals surface area (Å²) in [6, 6.07) is 9.43. The fraction of sp³-hybridized carbons (Fsp3) is 0.409. The average molecular weight is 408 g/mol. The topological polar surface area (TPSA) is 76.9 Å². The van der Waals surface area contributed by atoms with Crippen LogP contribution >= 0.6 is 0 Å². The van der Waals surface area contributed by atoms with E-state index in [9.17, 15) is 9.59 Å². The van der Waals surface area contributed by atoms with Gasteiger partial charge in [-0.2, -0.15) is 5.10 Å². The molecule has 1 aromatic heterocycles. The van der Waals surface area contributed by atoms with E-state index in [0.29, 0.717) is 25.9 Å². The number of benzene rings is 1. The van der Waals surface area contributed by atoms with E-state index < -0.39 is 5.60 Å². The van der Waals surface area contributed by atoms with E-state index in [0.717, 1.165) is 11.1 Å². The summed E-state index contributed by atoms with van der Waals surface area (Å²) >= 11 is 0. The molecular formula is C22H24N4O4. The molecular weight excluding hydrogens is 384 g/mol. The van der Waals surface area contributed by atoms with Crippen LogP contribution in [0.15, 0.2) is 54.9 Å². The van der Waals surface area contributed by atoms with Gasteiger partial charge in [-0.25, -0.2) is 4.79 Å². The van der Waals surface area contributed by atoms with Crippen LogP contribution < -0.4 is 0 Å². The molecule has 0 unspecified atom stereocenters. The maximum atomic E-state index is 13.3. The van der Waals surface area contributed by atoms with Gasteiger partial charge in [-0.3, -0.25) is 14.4 Å². The van der Waals surface area contributed by atoms with Gasteiger partial charge in [-0.15, -0.1) is 0 Å². The molecule has 5 rings (SSSR count). The van der Waals surface area contributed by atoms with E-state index in [2.05, 4.69) is 5.10 Å². The van der Waals surface area contributed by atoms with Crippen LogP contribution in [0.5, 0.6) is 0 Å². The van der Waals surface area contributed by atoms with Crippen molar-refractivity contribution in [2.75, 3.05) is 13.1 Å². The molecule has 3 aliphatic heterocycles. The maximum Gasteiger partial charge on any atom is 0.410 e. The molecule has 2 atom stereocenters. The van der Waals surface area contributed by atoms with Crippen molar-refractivity contribution in [3.05, 3.63) is 66.0 Å². The SMILES string of the molecule is Cn1cc([C@@H]2C=C[C@H]3OC4(CCN(C(=O)OCc5ccccc5)CC4)C(=O)N32)cn1. The summed E-state index contributed by atoms with van der Waals surface area (Å²) in [5.41, 5.74) is 1.04. The van der Waals surface area contributed by atoms with E-state index >= 15 is 0 Å². The van der Waals surface area contributed by atoms with Crippen LogP contribution in [0.2, 0.25) is 0 Å². The third kappa shape index (κ3) is 3.17. The number of ether oxygens (including phenoxy) is 2. The second-order valence-electron chi connectivity index (χ2n) is 8.02. The van der Waals surface area contributed by atoms with Crippen molar-refractivity contribution in [2.24, 2.45) is 7.05 Å². The lowest BCUT2D eigenvalue weighted by Gasteiger charge is -2.36. The second kappa shape index (κ2) is 7.28. The molecule has 4 heterocycles. The number of aryl methyl sites for hydroxylation is 1. The van der Waals surface area contributed by atoms with E-state index in [1.807, 2.05) is 55.7 Å². The van der Waals surface area contributed by atoms with Gasteiger partial charge in [0.25, 0.3) is 5.91 Å². The molecule has 8 heteroatoms. The van der Waals surface area contributed by atoms with Gasteiger partial charge in [0.1, 0.15) is 6.61 Å². The summed E-state index contributed by atoms with van der Waals surface area (Å²) < 4.78 is 13.4. The van der Waals surface area contributed by atoms with Gasteiger partial charge in [0.05, 0.1) is 12.2 Å². The second-order valence-corrected chi connectivity index (χ2v) is 8.02. The highest BCUT2D eigenvalue weighted by Crippen LogP contribution is 2.44. The normalized spacial score (nSPS) is 24.5. The number of carbonyl (C=O) groups excluding carboxylic acids is 2. The summed E-state index contributed by atoms with van der Waals surface area (Å²) in [6.07, 6.45) is 7.84. The number of rotatable bonds is 3. The van der Waals surface area contributed by atoms with E-state index in [1.165, 1.54) is 0 Å². The fourth-order valence-electron chi connectivity index (χ4n) is 4.46. The van der Waals surface area contributed by atoms with Crippen LogP contribution in [0.4, 0.5) is 4.79 Å². The molecule has 2 aromatic rings. The number of hydrogen-bond acceptors (Lipinski definition) is 5. The van der Waals surface area contributed by atoms with Crippen molar-refractivity contribution in [3.63, 3.8) is 0 Å². The summed E-state index contributed by atoms with van der Waals surface area (Å²) in [5.74, 6) is -0.0105. The Morgan fingerprint density at radius 3 is 2.70 bits per heavy atom. The quantitative estimate of drug-likeness (QED) is 0.729. The van der Waals surface area contributed by atoms with Crippen LogP contribution in [0, 0.1) is 0 Å². The number of fused-ring (bicyclic) bond motifs is 1. The summed E-state index contributed by atoms with van der Waals surface area (Å²) in [6.45, 7) is 1.10. The number of aromatic nitrogens is 2. The fourth-order valence-corrected chi connectivity index (χ4v) is 4.46. The molecule has 2 amide bonds. The molecule has 8 nitrogen and oxygen atoms in total. The number of piperidine rings is 1. The van der Waals surface area contributed by atoms with Crippen molar-refractivity contribution in [3.8, 4) is 0 Å². The molecule has 2 fully saturated rings. The Morgan fingerprint density at radius 1 is 1.23 bits per heavy atom. The zero-order valence-corrected chi connectivity index (χ0v) is 16.8. The van der Waals surface area contributed by atoms with E-state index in [4.69, 9.17) is 9.47 Å². The number of carbonyl (C=O) groups is 2. The van der Waals surface area contributed by atoms with Crippen molar-refractivity contribution in [1.29, 1.82) is 0 Å². The molecule has 0 radical (unpaired) electrons. The van der Waals surface area contributed by atoms with Crippen LogP contribution in [0.3, 0.4) is 0 Å². The lowest BCUT2D eigenvalue weighted by Crippen LogP contribution is -2.51. The third-order valence-corrected chi connectivity index (χ3v) is 6.10. The first kappa shape index (κ1) is 18.9. The smallest absolute Gasteiger partial charge is 0.410 e. The number of hydrogen-bond donors (Lipinski definition) is 0. The zero-order chi connectivity index (χ0) is 20.7. The number of amides is 2. The van der Waals surface area contributed by atoms with Crippen molar-refractivity contribution < 1.29 is 19.1 Å². The van der Waals surface area contributed by atoms with Crippen LogP contribution in [-0.2, 0) is 27.9 Å². The van der Waals surface area contributed by atoms with Gasteiger partial charge in [-0.1, -0.05) is 36.4 Å². The van der Waals surface area contributed by atoms with E-state index in [1.54, 1.807) is 20.7 Å². The van der Waals surface area contributed by atoms with Gasteiger partial charge in [0.2, 0.25) is 0 Å². The Morgan fingerprint density at radius 2 is 2.00 bits per heavy atom. The van der Waals surface area contributed by atoms with Gasteiger partial charge in [0, 0.05) is 44.7 Å². The van der Waals surface area contributed by atoms with Crippen molar-refractivity contribution >= 4 is 12.0 Å². The molecule has 156 valence electrons. The third-order valence-electron chi connectivity index (χ3n) is 6.10. The Kier molecular flexibility index (Phi) is 4.58. The first-order valence-electron chi connectivity index (χ1n) is 10.2. The van der Waals surface area contributed by atoms with Gasteiger partial charge in [-0.05, 0) is 11.6 Å².